The SMILES string of the molecule is CCC(C)(C)NC(=O)C(C)NC1CC1C. The predicted octanol–water partition coefficient (Wildman–Crippen LogP) is 1.68. The van der Waals surface area contributed by atoms with Crippen molar-refractivity contribution in [2.75, 3.05) is 0 Å². The van der Waals surface area contributed by atoms with E-state index >= 15 is 0 Å². The molecule has 1 fully saturated rings. The summed E-state index contributed by atoms with van der Waals surface area (Å²) < 4.78 is 0. The number of hydrogen-bond acceptors (Lipinski definition) is 2. The minimum absolute atomic E-state index is 0.0780. The summed E-state index contributed by atoms with van der Waals surface area (Å²) >= 11 is 0. The van der Waals surface area contributed by atoms with Crippen molar-refractivity contribution >= 4 is 5.91 Å². The molecule has 2 N–H and O–H groups in total. The van der Waals surface area contributed by atoms with Crippen molar-refractivity contribution in [3.05, 3.63) is 0 Å². The molecule has 0 spiro atoms. The summed E-state index contributed by atoms with van der Waals surface area (Å²) in [5, 5.41) is 6.39. The summed E-state index contributed by atoms with van der Waals surface area (Å²) in [6.45, 7) is 10.3. The summed E-state index contributed by atoms with van der Waals surface area (Å²) in [6, 6.07) is 0.473. The zero-order chi connectivity index (χ0) is 11.6. The Hall–Kier alpha value is -0.570. The van der Waals surface area contributed by atoms with Crippen molar-refractivity contribution in [3.8, 4) is 0 Å². The van der Waals surface area contributed by atoms with Gasteiger partial charge in [-0.3, -0.25) is 4.79 Å². The van der Waals surface area contributed by atoms with Crippen molar-refractivity contribution in [2.45, 2.75) is 65.1 Å². The van der Waals surface area contributed by atoms with Gasteiger partial charge in [0.05, 0.1) is 6.04 Å². The van der Waals surface area contributed by atoms with Crippen LogP contribution in [-0.2, 0) is 4.79 Å². The molecule has 0 aromatic carbocycles. The maximum atomic E-state index is 11.8. The van der Waals surface area contributed by atoms with Gasteiger partial charge in [0, 0.05) is 11.6 Å². The van der Waals surface area contributed by atoms with Gasteiger partial charge in [-0.15, -0.1) is 0 Å². The van der Waals surface area contributed by atoms with E-state index in [4.69, 9.17) is 0 Å². The molecule has 3 atom stereocenters. The monoisotopic (exact) mass is 212 g/mol. The first-order chi connectivity index (χ1) is 6.85. The van der Waals surface area contributed by atoms with Crippen LogP contribution in [0, 0.1) is 5.92 Å². The second kappa shape index (κ2) is 4.52. The maximum Gasteiger partial charge on any atom is 0.237 e. The van der Waals surface area contributed by atoms with Gasteiger partial charge in [-0.05, 0) is 39.5 Å². The highest BCUT2D eigenvalue weighted by Crippen LogP contribution is 2.29. The minimum atomic E-state index is -0.0950. The van der Waals surface area contributed by atoms with E-state index < -0.39 is 0 Å². The molecule has 1 saturated carbocycles. The Morgan fingerprint density at radius 2 is 2.07 bits per heavy atom. The first kappa shape index (κ1) is 12.5. The van der Waals surface area contributed by atoms with E-state index in [9.17, 15) is 4.79 Å². The third-order valence-electron chi connectivity index (χ3n) is 3.31. The van der Waals surface area contributed by atoms with E-state index in [2.05, 4.69) is 38.3 Å². The van der Waals surface area contributed by atoms with Gasteiger partial charge in [0.1, 0.15) is 0 Å². The van der Waals surface area contributed by atoms with Gasteiger partial charge in [0.15, 0.2) is 0 Å². The summed E-state index contributed by atoms with van der Waals surface area (Å²) in [7, 11) is 0. The topological polar surface area (TPSA) is 41.1 Å². The number of carbonyl (C=O) groups excluding carboxylic acids is 1. The van der Waals surface area contributed by atoms with Crippen LogP contribution in [0.4, 0.5) is 0 Å². The van der Waals surface area contributed by atoms with Crippen LogP contribution >= 0.6 is 0 Å². The highest BCUT2D eigenvalue weighted by Gasteiger charge is 2.35. The van der Waals surface area contributed by atoms with Crippen LogP contribution in [0.25, 0.3) is 0 Å². The molecule has 0 aliphatic heterocycles. The van der Waals surface area contributed by atoms with Crippen molar-refractivity contribution in [3.63, 3.8) is 0 Å². The predicted molar refractivity (Wildman–Crippen MR) is 62.7 cm³/mol. The summed E-state index contributed by atoms with van der Waals surface area (Å²) in [6.07, 6.45) is 2.15. The largest absolute Gasteiger partial charge is 0.350 e. The third-order valence-corrected chi connectivity index (χ3v) is 3.31. The van der Waals surface area contributed by atoms with Crippen LogP contribution in [0.5, 0.6) is 0 Å². The minimum Gasteiger partial charge on any atom is -0.350 e. The molecule has 1 aliphatic carbocycles. The lowest BCUT2D eigenvalue weighted by Gasteiger charge is -2.26. The van der Waals surface area contributed by atoms with Crippen LogP contribution in [-0.4, -0.2) is 23.5 Å². The van der Waals surface area contributed by atoms with E-state index in [1.165, 1.54) is 6.42 Å². The Bertz CT molecular complexity index is 238. The Balaban J connectivity index is 2.32. The lowest BCUT2D eigenvalue weighted by Crippen LogP contribution is -2.51. The van der Waals surface area contributed by atoms with Gasteiger partial charge in [0.2, 0.25) is 5.91 Å². The fourth-order valence-electron chi connectivity index (χ4n) is 1.48. The first-order valence-corrected chi connectivity index (χ1v) is 5.94. The van der Waals surface area contributed by atoms with Gasteiger partial charge in [-0.25, -0.2) is 0 Å². The Morgan fingerprint density at radius 1 is 1.53 bits per heavy atom. The summed E-state index contributed by atoms with van der Waals surface area (Å²) in [5.41, 5.74) is -0.0950. The van der Waals surface area contributed by atoms with E-state index in [-0.39, 0.29) is 17.5 Å². The molecule has 3 unspecified atom stereocenters. The molecule has 0 saturated heterocycles. The molecule has 0 heterocycles. The fourth-order valence-corrected chi connectivity index (χ4v) is 1.48. The zero-order valence-electron chi connectivity index (χ0n) is 10.6. The van der Waals surface area contributed by atoms with E-state index in [1.54, 1.807) is 0 Å². The number of hydrogen-bond donors (Lipinski definition) is 2. The number of carbonyl (C=O) groups is 1. The van der Waals surface area contributed by atoms with Crippen LogP contribution in [0.1, 0.15) is 47.5 Å². The molecule has 15 heavy (non-hydrogen) atoms. The second-order valence-electron chi connectivity index (χ2n) is 5.43. The number of nitrogens with one attached hydrogen (secondary N) is 2. The first-order valence-electron chi connectivity index (χ1n) is 5.94. The number of amides is 1. The van der Waals surface area contributed by atoms with Crippen molar-refractivity contribution < 1.29 is 4.79 Å². The highest BCUT2D eigenvalue weighted by atomic mass is 16.2. The molecule has 0 radical (unpaired) electrons. The molecule has 1 aliphatic rings. The van der Waals surface area contributed by atoms with Gasteiger partial charge >= 0.3 is 0 Å². The molecular weight excluding hydrogens is 188 g/mol. The van der Waals surface area contributed by atoms with E-state index in [0.29, 0.717) is 6.04 Å². The van der Waals surface area contributed by atoms with Crippen LogP contribution in [0.3, 0.4) is 0 Å². The van der Waals surface area contributed by atoms with Crippen LogP contribution in [0.2, 0.25) is 0 Å². The Labute approximate surface area is 93.0 Å². The molecule has 0 aromatic rings. The molecule has 0 aromatic heterocycles. The standard InChI is InChI=1S/C12H24N2O/c1-6-12(4,5)14-11(15)9(3)13-10-7-8(10)2/h8-10,13H,6-7H2,1-5H3,(H,14,15). The molecule has 3 nitrogen and oxygen atoms in total. The fraction of sp³-hybridized carbons (Fsp3) is 0.917. The summed E-state index contributed by atoms with van der Waals surface area (Å²) in [5.74, 6) is 0.848. The van der Waals surface area contributed by atoms with Gasteiger partial charge in [-0.2, -0.15) is 0 Å². The molecule has 1 rings (SSSR count). The van der Waals surface area contributed by atoms with Gasteiger partial charge in [0.25, 0.3) is 0 Å². The quantitative estimate of drug-likeness (QED) is 0.728. The molecule has 0 bridgehead atoms. The Kier molecular flexibility index (Phi) is 3.77. The summed E-state index contributed by atoms with van der Waals surface area (Å²) in [4.78, 5) is 11.8. The smallest absolute Gasteiger partial charge is 0.237 e. The van der Waals surface area contributed by atoms with Gasteiger partial charge in [-0.1, -0.05) is 13.8 Å². The highest BCUT2D eigenvalue weighted by molar-refractivity contribution is 5.82. The number of rotatable bonds is 5. The van der Waals surface area contributed by atoms with E-state index in [1.807, 2.05) is 6.92 Å². The third kappa shape index (κ3) is 3.82. The second-order valence-corrected chi connectivity index (χ2v) is 5.43. The van der Waals surface area contributed by atoms with E-state index in [0.717, 1.165) is 12.3 Å². The molecular formula is C12H24N2O. The van der Waals surface area contributed by atoms with Gasteiger partial charge < -0.3 is 10.6 Å². The molecule has 3 heteroatoms. The van der Waals surface area contributed by atoms with Crippen molar-refractivity contribution in [2.24, 2.45) is 5.92 Å². The van der Waals surface area contributed by atoms with Crippen molar-refractivity contribution in [1.29, 1.82) is 0 Å². The van der Waals surface area contributed by atoms with Crippen molar-refractivity contribution in [1.82, 2.24) is 10.6 Å². The van der Waals surface area contributed by atoms with Crippen LogP contribution < -0.4 is 10.6 Å². The average Bonchev–Trinajstić information content (AvgIpc) is 2.81. The lowest BCUT2D eigenvalue weighted by atomic mass is 10.0. The lowest BCUT2D eigenvalue weighted by molar-refractivity contribution is -0.124. The average molecular weight is 212 g/mol. The Morgan fingerprint density at radius 3 is 2.47 bits per heavy atom. The maximum absolute atomic E-state index is 11.8. The zero-order valence-corrected chi connectivity index (χ0v) is 10.6. The normalized spacial score (nSPS) is 27.3. The molecule has 88 valence electrons. The molecule has 1 amide bonds. The van der Waals surface area contributed by atoms with Crippen LogP contribution in [0.15, 0.2) is 0 Å².